The third kappa shape index (κ3) is 2.47. The van der Waals surface area contributed by atoms with Crippen LogP contribution in [0, 0.1) is 11.8 Å². The molecule has 2 N–H and O–H groups in total. The van der Waals surface area contributed by atoms with Crippen molar-refractivity contribution in [2.24, 2.45) is 17.6 Å². The van der Waals surface area contributed by atoms with E-state index in [9.17, 15) is 4.79 Å². The highest BCUT2D eigenvalue weighted by Gasteiger charge is 2.27. The highest BCUT2D eigenvalue weighted by atomic mass is 16.2. The number of rotatable bonds is 2. The molecule has 1 fully saturated rings. The normalized spacial score (nSPS) is 30.1. The maximum absolute atomic E-state index is 11.9. The first-order valence-corrected chi connectivity index (χ1v) is 5.60. The molecule has 0 aliphatic carbocycles. The molecule has 3 nitrogen and oxygen atoms in total. The van der Waals surface area contributed by atoms with Gasteiger partial charge in [0.25, 0.3) is 0 Å². The second-order valence-electron chi connectivity index (χ2n) is 4.52. The minimum atomic E-state index is 0.163. The molecule has 82 valence electrons. The van der Waals surface area contributed by atoms with E-state index >= 15 is 0 Å². The lowest BCUT2D eigenvalue weighted by molar-refractivity contribution is -0.137. The molecule has 0 aromatic rings. The van der Waals surface area contributed by atoms with E-state index < -0.39 is 0 Å². The molecule has 0 radical (unpaired) electrons. The number of carbonyl (C=O) groups excluding carboxylic acids is 1. The monoisotopic (exact) mass is 198 g/mol. The van der Waals surface area contributed by atoms with Crippen molar-refractivity contribution in [3.8, 4) is 0 Å². The Morgan fingerprint density at radius 1 is 1.64 bits per heavy atom. The topological polar surface area (TPSA) is 46.3 Å². The molecule has 1 aliphatic heterocycles. The van der Waals surface area contributed by atoms with Crippen molar-refractivity contribution >= 4 is 5.91 Å². The molecule has 1 rings (SSSR count). The van der Waals surface area contributed by atoms with Crippen LogP contribution in [0.25, 0.3) is 0 Å². The zero-order valence-corrected chi connectivity index (χ0v) is 9.49. The van der Waals surface area contributed by atoms with Crippen molar-refractivity contribution in [3.63, 3.8) is 0 Å². The molecule has 0 aromatic heterocycles. The predicted octanol–water partition coefficient (Wildman–Crippen LogP) is 1.23. The average molecular weight is 198 g/mol. The lowest BCUT2D eigenvalue weighted by atomic mass is 9.93. The van der Waals surface area contributed by atoms with Crippen LogP contribution in [0.15, 0.2) is 0 Å². The van der Waals surface area contributed by atoms with E-state index in [2.05, 4.69) is 13.8 Å². The van der Waals surface area contributed by atoms with E-state index in [1.54, 1.807) is 0 Å². The summed E-state index contributed by atoms with van der Waals surface area (Å²) in [6.07, 6.45) is 1.87. The van der Waals surface area contributed by atoms with Crippen LogP contribution in [0.2, 0.25) is 0 Å². The Kier molecular flexibility index (Phi) is 3.93. The van der Waals surface area contributed by atoms with E-state index in [-0.39, 0.29) is 12.0 Å². The number of nitrogens with zero attached hydrogens (tertiary/aromatic N) is 1. The Bertz CT molecular complexity index is 205. The molecule has 0 saturated carbocycles. The smallest absolute Gasteiger partial charge is 0.225 e. The molecule has 3 atom stereocenters. The van der Waals surface area contributed by atoms with Gasteiger partial charge in [-0.3, -0.25) is 4.79 Å². The number of carbonyl (C=O) groups is 1. The SMILES string of the molecule is CCC(C)C(=O)N1CCC(N)C(C)C1. The zero-order chi connectivity index (χ0) is 10.7. The molecule has 1 heterocycles. The first-order chi connectivity index (χ1) is 6.56. The van der Waals surface area contributed by atoms with E-state index in [0.29, 0.717) is 11.8 Å². The van der Waals surface area contributed by atoms with Crippen LogP contribution in [-0.4, -0.2) is 29.9 Å². The molecule has 3 unspecified atom stereocenters. The summed E-state index contributed by atoms with van der Waals surface area (Å²) >= 11 is 0. The van der Waals surface area contributed by atoms with E-state index in [4.69, 9.17) is 5.73 Å². The molecular formula is C11H22N2O. The van der Waals surface area contributed by atoms with Gasteiger partial charge in [0, 0.05) is 25.0 Å². The van der Waals surface area contributed by atoms with Crippen LogP contribution in [0.1, 0.15) is 33.6 Å². The summed E-state index contributed by atoms with van der Waals surface area (Å²) in [7, 11) is 0. The van der Waals surface area contributed by atoms with Gasteiger partial charge in [-0.15, -0.1) is 0 Å². The maximum Gasteiger partial charge on any atom is 0.225 e. The van der Waals surface area contributed by atoms with Crippen molar-refractivity contribution in [3.05, 3.63) is 0 Å². The standard InChI is InChI=1S/C11H22N2O/c1-4-8(2)11(14)13-6-5-10(12)9(3)7-13/h8-10H,4-7,12H2,1-3H3. The van der Waals surface area contributed by atoms with Gasteiger partial charge in [0.05, 0.1) is 0 Å². The Morgan fingerprint density at radius 3 is 2.79 bits per heavy atom. The molecule has 1 amide bonds. The Hall–Kier alpha value is -0.570. The first-order valence-electron chi connectivity index (χ1n) is 5.60. The lowest BCUT2D eigenvalue weighted by Gasteiger charge is -2.36. The van der Waals surface area contributed by atoms with Gasteiger partial charge < -0.3 is 10.6 Å². The molecule has 1 saturated heterocycles. The van der Waals surface area contributed by atoms with Crippen molar-refractivity contribution in [2.75, 3.05) is 13.1 Å². The number of piperidine rings is 1. The maximum atomic E-state index is 11.9. The average Bonchev–Trinajstić information content (AvgIpc) is 2.20. The molecule has 14 heavy (non-hydrogen) atoms. The van der Waals surface area contributed by atoms with Crippen molar-refractivity contribution < 1.29 is 4.79 Å². The third-order valence-electron chi connectivity index (χ3n) is 3.32. The number of likely N-dealkylation sites (tertiary alicyclic amines) is 1. The van der Waals surface area contributed by atoms with Gasteiger partial charge in [0.1, 0.15) is 0 Å². The van der Waals surface area contributed by atoms with E-state index in [1.807, 2.05) is 11.8 Å². The van der Waals surface area contributed by atoms with E-state index in [1.165, 1.54) is 0 Å². The van der Waals surface area contributed by atoms with Crippen molar-refractivity contribution in [2.45, 2.75) is 39.7 Å². The van der Waals surface area contributed by atoms with Crippen LogP contribution >= 0.6 is 0 Å². The Morgan fingerprint density at radius 2 is 2.29 bits per heavy atom. The van der Waals surface area contributed by atoms with E-state index in [0.717, 1.165) is 25.9 Å². The molecule has 3 heteroatoms. The van der Waals surface area contributed by atoms with Gasteiger partial charge in [-0.1, -0.05) is 20.8 Å². The predicted molar refractivity (Wildman–Crippen MR) is 57.8 cm³/mol. The van der Waals surface area contributed by atoms with Gasteiger partial charge >= 0.3 is 0 Å². The van der Waals surface area contributed by atoms with Crippen LogP contribution in [0.5, 0.6) is 0 Å². The number of hydrogen-bond acceptors (Lipinski definition) is 2. The van der Waals surface area contributed by atoms with Crippen molar-refractivity contribution in [1.82, 2.24) is 4.90 Å². The van der Waals surface area contributed by atoms with Crippen LogP contribution in [0.4, 0.5) is 0 Å². The van der Waals surface area contributed by atoms with Gasteiger partial charge in [0.15, 0.2) is 0 Å². The molecule has 0 spiro atoms. The fourth-order valence-electron chi connectivity index (χ4n) is 1.85. The summed E-state index contributed by atoms with van der Waals surface area (Å²) in [4.78, 5) is 13.8. The van der Waals surface area contributed by atoms with Crippen LogP contribution in [0.3, 0.4) is 0 Å². The minimum absolute atomic E-state index is 0.163. The summed E-state index contributed by atoms with van der Waals surface area (Å²) in [6, 6.07) is 0.274. The highest BCUT2D eigenvalue weighted by molar-refractivity contribution is 5.78. The summed E-state index contributed by atoms with van der Waals surface area (Å²) in [5, 5.41) is 0. The number of nitrogens with two attached hydrogens (primary N) is 1. The number of hydrogen-bond donors (Lipinski definition) is 1. The van der Waals surface area contributed by atoms with Gasteiger partial charge in [-0.2, -0.15) is 0 Å². The fraction of sp³-hybridized carbons (Fsp3) is 0.909. The highest BCUT2D eigenvalue weighted by Crippen LogP contribution is 2.17. The summed E-state index contributed by atoms with van der Waals surface area (Å²) in [5.41, 5.74) is 5.91. The van der Waals surface area contributed by atoms with Crippen LogP contribution < -0.4 is 5.73 Å². The quantitative estimate of drug-likeness (QED) is 0.725. The number of amides is 1. The minimum Gasteiger partial charge on any atom is -0.342 e. The summed E-state index contributed by atoms with van der Waals surface area (Å²) in [6.45, 7) is 7.86. The third-order valence-corrected chi connectivity index (χ3v) is 3.32. The summed E-state index contributed by atoms with van der Waals surface area (Å²) < 4.78 is 0. The van der Waals surface area contributed by atoms with Crippen molar-refractivity contribution in [1.29, 1.82) is 0 Å². The molecular weight excluding hydrogens is 176 g/mol. The largest absolute Gasteiger partial charge is 0.342 e. The zero-order valence-electron chi connectivity index (χ0n) is 9.49. The fourth-order valence-corrected chi connectivity index (χ4v) is 1.85. The Balaban J connectivity index is 2.50. The van der Waals surface area contributed by atoms with Gasteiger partial charge in [-0.05, 0) is 18.8 Å². The van der Waals surface area contributed by atoms with Crippen LogP contribution in [-0.2, 0) is 4.79 Å². The molecule has 1 aliphatic rings. The summed E-state index contributed by atoms with van der Waals surface area (Å²) in [5.74, 6) is 0.902. The second-order valence-corrected chi connectivity index (χ2v) is 4.52. The first kappa shape index (κ1) is 11.5. The molecule has 0 aromatic carbocycles. The van der Waals surface area contributed by atoms with Gasteiger partial charge in [-0.25, -0.2) is 0 Å². The molecule has 0 bridgehead atoms. The van der Waals surface area contributed by atoms with Gasteiger partial charge in [0.2, 0.25) is 5.91 Å². The Labute approximate surface area is 86.6 Å². The lowest BCUT2D eigenvalue weighted by Crippen LogP contribution is -2.49. The second kappa shape index (κ2) is 4.78.